The molecule has 45 heavy (non-hydrogen) atoms. The lowest BCUT2D eigenvalue weighted by atomic mass is 9.97. The molecule has 1 unspecified atom stereocenters. The smallest absolute Gasteiger partial charge is 0.328 e. The molecule has 0 spiro atoms. The van der Waals surface area contributed by atoms with E-state index in [1.807, 2.05) is 6.07 Å². The number of carbonyl (C=O) groups excluding carboxylic acids is 2. The first kappa shape index (κ1) is 34.7. The van der Waals surface area contributed by atoms with Crippen LogP contribution in [0.2, 0.25) is 0 Å². The number of ether oxygens (including phenoxy) is 5. The topological polar surface area (TPSA) is 265 Å². The Kier molecular flexibility index (Phi) is 12.3. The average molecular weight is 643 g/mol. The molecular weight excluding hydrogens is 604 g/mol. The van der Waals surface area contributed by atoms with Gasteiger partial charge >= 0.3 is 5.97 Å². The van der Waals surface area contributed by atoms with Crippen LogP contribution in [0.4, 0.5) is 0 Å². The second-order valence-electron chi connectivity index (χ2n) is 10.5. The standard InChI is InChI=1S/C27H38N4O14/c1-41-25(40)14(9-13-5-3-2-4-6-13)28-24(39)15-10-31(30-29-15)7-8-42-26-22(38)20(36)23(17(12-33)44-26)45-27-21(37)19(35)18(34)16(11-32)43-27/h2-6,10,14,16-23,26-27,32-38H,7-9,11-12H2,1H3,(H,28,39)/t14?,16-,17-,18+,19+,20-,21-,22-,23-,26-,27+/m1/s1. The Morgan fingerprint density at radius 2 is 1.60 bits per heavy atom. The Hall–Kier alpha value is -3.14. The second kappa shape index (κ2) is 15.9. The highest BCUT2D eigenvalue weighted by Gasteiger charge is 2.50. The summed E-state index contributed by atoms with van der Waals surface area (Å²) in [6.07, 6.45) is -14.2. The number of hydrogen-bond donors (Lipinski definition) is 8. The molecule has 1 aromatic heterocycles. The summed E-state index contributed by atoms with van der Waals surface area (Å²) in [5.74, 6) is -1.30. The van der Waals surface area contributed by atoms with E-state index in [0.29, 0.717) is 0 Å². The summed E-state index contributed by atoms with van der Waals surface area (Å²) >= 11 is 0. The van der Waals surface area contributed by atoms with Gasteiger partial charge in [0, 0.05) is 6.42 Å². The van der Waals surface area contributed by atoms with Crippen LogP contribution < -0.4 is 5.32 Å². The van der Waals surface area contributed by atoms with Crippen LogP contribution in [0.5, 0.6) is 0 Å². The molecule has 0 saturated carbocycles. The normalized spacial score (nSPS) is 32.5. The van der Waals surface area contributed by atoms with Gasteiger partial charge in [-0.05, 0) is 5.56 Å². The first-order valence-electron chi connectivity index (χ1n) is 14.1. The van der Waals surface area contributed by atoms with Gasteiger partial charge in [-0.1, -0.05) is 35.5 Å². The van der Waals surface area contributed by atoms with Gasteiger partial charge in [0.1, 0.15) is 54.9 Å². The van der Waals surface area contributed by atoms with Crippen molar-refractivity contribution in [1.82, 2.24) is 20.3 Å². The molecule has 0 bridgehead atoms. The summed E-state index contributed by atoms with van der Waals surface area (Å²) in [4.78, 5) is 25.0. The zero-order chi connectivity index (χ0) is 32.7. The van der Waals surface area contributed by atoms with Crippen molar-refractivity contribution in [3.8, 4) is 0 Å². The predicted molar refractivity (Wildman–Crippen MR) is 146 cm³/mol. The molecule has 18 nitrogen and oxygen atoms in total. The molecule has 2 fully saturated rings. The summed E-state index contributed by atoms with van der Waals surface area (Å²) in [6.45, 7) is -1.57. The van der Waals surface area contributed by atoms with E-state index in [9.17, 15) is 45.3 Å². The number of hydrogen-bond acceptors (Lipinski definition) is 16. The van der Waals surface area contributed by atoms with E-state index in [0.717, 1.165) is 5.56 Å². The lowest BCUT2D eigenvalue weighted by Crippen LogP contribution is -2.64. The van der Waals surface area contributed by atoms with Gasteiger partial charge in [0.05, 0.1) is 39.7 Å². The van der Waals surface area contributed by atoms with Gasteiger partial charge in [0.15, 0.2) is 18.3 Å². The maximum atomic E-state index is 12.8. The van der Waals surface area contributed by atoms with E-state index in [-0.39, 0.29) is 25.3 Å². The van der Waals surface area contributed by atoms with Crippen LogP contribution in [0, 0.1) is 0 Å². The minimum absolute atomic E-state index is 0.0159. The fourth-order valence-electron chi connectivity index (χ4n) is 4.88. The summed E-state index contributed by atoms with van der Waals surface area (Å²) in [7, 11) is 1.21. The summed E-state index contributed by atoms with van der Waals surface area (Å²) < 4.78 is 28.0. The quantitative estimate of drug-likeness (QED) is 0.0956. The van der Waals surface area contributed by atoms with E-state index < -0.39 is 92.5 Å². The van der Waals surface area contributed by atoms with Gasteiger partial charge in [0.2, 0.25) is 0 Å². The van der Waals surface area contributed by atoms with Gasteiger partial charge in [-0.25, -0.2) is 9.48 Å². The Morgan fingerprint density at radius 1 is 0.933 bits per heavy atom. The van der Waals surface area contributed by atoms with Gasteiger partial charge in [-0.3, -0.25) is 4.79 Å². The van der Waals surface area contributed by atoms with Gasteiger partial charge < -0.3 is 64.7 Å². The molecule has 2 aliphatic heterocycles. The molecule has 1 amide bonds. The van der Waals surface area contributed by atoms with E-state index in [4.69, 9.17) is 23.7 Å². The number of rotatable bonds is 13. The lowest BCUT2D eigenvalue weighted by Gasteiger charge is -2.45. The first-order valence-corrected chi connectivity index (χ1v) is 14.1. The van der Waals surface area contributed by atoms with E-state index in [1.54, 1.807) is 24.3 Å². The van der Waals surface area contributed by atoms with Crippen molar-refractivity contribution in [2.75, 3.05) is 26.9 Å². The van der Waals surface area contributed by atoms with Gasteiger partial charge in [-0.15, -0.1) is 5.10 Å². The van der Waals surface area contributed by atoms with Crippen molar-refractivity contribution < 1.29 is 69.0 Å². The number of carbonyl (C=O) groups is 2. The van der Waals surface area contributed by atoms with Crippen LogP contribution in [0.25, 0.3) is 0 Å². The lowest BCUT2D eigenvalue weighted by molar-refractivity contribution is -0.359. The summed E-state index contributed by atoms with van der Waals surface area (Å²) in [5, 5.41) is 81.0. The molecule has 0 radical (unpaired) electrons. The molecule has 1 aromatic carbocycles. The van der Waals surface area contributed by atoms with E-state index in [2.05, 4.69) is 15.6 Å². The van der Waals surface area contributed by atoms with Crippen molar-refractivity contribution in [1.29, 1.82) is 0 Å². The van der Waals surface area contributed by atoms with Crippen molar-refractivity contribution in [2.24, 2.45) is 0 Å². The number of methoxy groups -OCH3 is 1. The molecule has 250 valence electrons. The third-order valence-corrected chi connectivity index (χ3v) is 7.41. The molecule has 3 heterocycles. The van der Waals surface area contributed by atoms with Crippen LogP contribution in [-0.4, -0.2) is 157 Å². The molecule has 4 rings (SSSR count). The highest BCUT2D eigenvalue weighted by atomic mass is 16.7. The number of benzene rings is 1. The zero-order valence-corrected chi connectivity index (χ0v) is 24.2. The van der Waals surface area contributed by atoms with Crippen LogP contribution in [0.3, 0.4) is 0 Å². The fourth-order valence-corrected chi connectivity index (χ4v) is 4.88. The largest absolute Gasteiger partial charge is 0.467 e. The van der Waals surface area contributed by atoms with Crippen molar-refractivity contribution in [3.05, 3.63) is 47.8 Å². The Morgan fingerprint density at radius 3 is 2.27 bits per heavy atom. The maximum Gasteiger partial charge on any atom is 0.328 e. The molecule has 0 aliphatic carbocycles. The Bertz CT molecular complexity index is 1230. The molecule has 2 aliphatic rings. The SMILES string of the molecule is COC(=O)C(Cc1ccccc1)NC(=O)c1cn(CCO[C@@H]2O[C@H](CO)[C@@H](O[C@@H]3O[C@H](CO)[C@H](O)[C@H](O)[C@H]3O)[C@H](O)[C@H]2O)nn1. The number of amides is 1. The molecule has 2 saturated heterocycles. The van der Waals surface area contributed by atoms with Gasteiger partial charge in [0.25, 0.3) is 5.91 Å². The third-order valence-electron chi connectivity index (χ3n) is 7.41. The number of aliphatic hydroxyl groups is 7. The van der Waals surface area contributed by atoms with Crippen LogP contribution in [0.1, 0.15) is 16.1 Å². The number of esters is 1. The highest BCUT2D eigenvalue weighted by Crippen LogP contribution is 2.29. The van der Waals surface area contributed by atoms with Crippen LogP contribution in [0.15, 0.2) is 36.5 Å². The second-order valence-corrected chi connectivity index (χ2v) is 10.5. The number of aliphatic hydroxyl groups excluding tert-OH is 7. The van der Waals surface area contributed by atoms with Crippen molar-refractivity contribution in [2.45, 2.75) is 80.4 Å². The fraction of sp³-hybridized carbons (Fsp3) is 0.630. The zero-order valence-electron chi connectivity index (χ0n) is 24.2. The first-order chi connectivity index (χ1) is 21.6. The molecule has 2 aromatic rings. The minimum atomic E-state index is -1.79. The molecule has 8 N–H and O–H groups in total. The Balaban J connectivity index is 1.30. The monoisotopic (exact) mass is 642 g/mol. The molecule has 11 atom stereocenters. The Labute approximate surface area is 256 Å². The van der Waals surface area contributed by atoms with Crippen LogP contribution >= 0.6 is 0 Å². The van der Waals surface area contributed by atoms with Crippen molar-refractivity contribution >= 4 is 11.9 Å². The van der Waals surface area contributed by atoms with Crippen LogP contribution in [-0.2, 0) is 41.4 Å². The average Bonchev–Trinajstić information content (AvgIpc) is 3.53. The van der Waals surface area contributed by atoms with Crippen molar-refractivity contribution in [3.63, 3.8) is 0 Å². The number of nitrogens with one attached hydrogen (secondary N) is 1. The third kappa shape index (κ3) is 8.37. The summed E-state index contributed by atoms with van der Waals surface area (Å²) in [5.41, 5.74) is 0.719. The number of nitrogens with zero attached hydrogens (tertiary/aromatic N) is 3. The van der Waals surface area contributed by atoms with Gasteiger partial charge in [-0.2, -0.15) is 0 Å². The summed E-state index contributed by atoms with van der Waals surface area (Å²) in [6, 6.07) is 8.07. The molecule has 18 heteroatoms. The van der Waals surface area contributed by atoms with E-state index >= 15 is 0 Å². The maximum absolute atomic E-state index is 12.8. The number of aromatic nitrogens is 3. The minimum Gasteiger partial charge on any atom is -0.467 e. The van der Waals surface area contributed by atoms with E-state index in [1.165, 1.54) is 18.0 Å². The molecular formula is C27H38N4O14. The predicted octanol–water partition coefficient (Wildman–Crippen LogP) is -4.57. The highest BCUT2D eigenvalue weighted by molar-refractivity contribution is 5.94.